The van der Waals surface area contributed by atoms with Crippen LogP contribution in [0.3, 0.4) is 0 Å². The second kappa shape index (κ2) is 9.86. The summed E-state index contributed by atoms with van der Waals surface area (Å²) < 4.78 is 37.1. The molecule has 0 atom stereocenters. The summed E-state index contributed by atoms with van der Waals surface area (Å²) in [5, 5.41) is 2.62. The maximum atomic E-state index is 12.7. The van der Waals surface area contributed by atoms with E-state index in [1.807, 2.05) is 30.3 Å². The number of ether oxygens (including phenoxy) is 2. The van der Waals surface area contributed by atoms with Crippen LogP contribution in [0.5, 0.6) is 5.75 Å². The Hall–Kier alpha value is -3.34. The zero-order valence-corrected chi connectivity index (χ0v) is 18.0. The van der Waals surface area contributed by atoms with Crippen LogP contribution < -0.4 is 10.1 Å². The fourth-order valence-corrected chi connectivity index (χ4v) is 4.55. The molecule has 2 aromatic carbocycles. The van der Waals surface area contributed by atoms with Gasteiger partial charge in [0.25, 0.3) is 0 Å². The van der Waals surface area contributed by atoms with Crippen LogP contribution >= 0.6 is 0 Å². The highest BCUT2D eigenvalue weighted by molar-refractivity contribution is 7.89. The van der Waals surface area contributed by atoms with Crippen LogP contribution in [0.2, 0.25) is 0 Å². The fourth-order valence-electron chi connectivity index (χ4n) is 3.14. The van der Waals surface area contributed by atoms with Crippen molar-refractivity contribution >= 4 is 16.1 Å². The lowest BCUT2D eigenvalue weighted by Gasteiger charge is -2.26. The predicted molar refractivity (Wildman–Crippen MR) is 116 cm³/mol. The summed E-state index contributed by atoms with van der Waals surface area (Å²) in [5.74, 6) is 0.750. The number of carbonyl (C=O) groups is 1. The molecule has 0 aliphatic carbocycles. The number of aromatic nitrogens is 2. The van der Waals surface area contributed by atoms with Gasteiger partial charge in [-0.1, -0.05) is 42.5 Å². The average Bonchev–Trinajstić information content (AvgIpc) is 2.84. The van der Waals surface area contributed by atoms with Crippen LogP contribution in [0.15, 0.2) is 71.9 Å². The minimum atomic E-state index is -3.55. The maximum absolute atomic E-state index is 12.7. The summed E-state index contributed by atoms with van der Waals surface area (Å²) in [6.07, 6.45) is 2.20. The lowest BCUT2D eigenvalue weighted by atomic mass is 10.2. The van der Waals surface area contributed by atoms with Gasteiger partial charge in [0.2, 0.25) is 10.0 Å². The van der Waals surface area contributed by atoms with E-state index in [4.69, 9.17) is 9.47 Å². The molecule has 3 aromatic rings. The van der Waals surface area contributed by atoms with Gasteiger partial charge in [0.15, 0.2) is 11.6 Å². The molecule has 0 bridgehead atoms. The minimum absolute atomic E-state index is 0.180. The second-order valence-electron chi connectivity index (χ2n) is 7.01. The molecule has 1 fully saturated rings. The van der Waals surface area contributed by atoms with Crippen molar-refractivity contribution in [1.29, 1.82) is 0 Å². The summed E-state index contributed by atoms with van der Waals surface area (Å²) in [4.78, 5) is 20.7. The first-order chi connectivity index (χ1) is 15.5. The zero-order chi connectivity index (χ0) is 22.4. The van der Waals surface area contributed by atoms with Gasteiger partial charge in [-0.15, -0.1) is 0 Å². The number of hydrogen-bond donors (Lipinski definition) is 1. The summed E-state index contributed by atoms with van der Waals surface area (Å²) in [6.45, 7) is 1.65. The monoisotopic (exact) mass is 454 g/mol. The maximum Gasteiger partial charge on any atom is 0.412 e. The Morgan fingerprint density at radius 3 is 2.31 bits per heavy atom. The number of hydrogen-bond acceptors (Lipinski definition) is 7. The molecule has 166 valence electrons. The van der Waals surface area contributed by atoms with Crippen molar-refractivity contribution in [2.24, 2.45) is 0 Å². The van der Waals surface area contributed by atoms with Crippen LogP contribution in [-0.2, 0) is 21.3 Å². The van der Waals surface area contributed by atoms with Crippen LogP contribution in [0.4, 0.5) is 4.79 Å². The SMILES string of the molecule is O=C(NCc1ccc(S(=O)(=O)N2CCOCC2)cc1)Oc1cnc(-c2ccccc2)nc1. The Balaban J connectivity index is 1.30. The molecule has 0 unspecified atom stereocenters. The van der Waals surface area contributed by atoms with Gasteiger partial charge in [-0.2, -0.15) is 4.31 Å². The number of amides is 1. The van der Waals surface area contributed by atoms with E-state index in [1.165, 1.54) is 28.8 Å². The highest BCUT2D eigenvalue weighted by atomic mass is 32.2. The third kappa shape index (κ3) is 5.28. The van der Waals surface area contributed by atoms with Gasteiger partial charge in [0.05, 0.1) is 30.5 Å². The predicted octanol–water partition coefficient (Wildman–Crippen LogP) is 2.45. The van der Waals surface area contributed by atoms with Crippen molar-refractivity contribution < 1.29 is 22.7 Å². The lowest BCUT2D eigenvalue weighted by Crippen LogP contribution is -2.40. The molecule has 1 N–H and O–H groups in total. The molecule has 9 nitrogen and oxygen atoms in total. The summed E-state index contributed by atoms with van der Waals surface area (Å²) in [6, 6.07) is 15.8. The van der Waals surface area contributed by atoms with Gasteiger partial charge in [-0.3, -0.25) is 0 Å². The van der Waals surface area contributed by atoms with Crippen molar-refractivity contribution in [3.8, 4) is 17.1 Å². The molecule has 4 rings (SSSR count). The number of nitrogens with zero attached hydrogens (tertiary/aromatic N) is 3. The molecule has 10 heteroatoms. The molecule has 1 aliphatic rings. The van der Waals surface area contributed by atoms with E-state index in [1.54, 1.807) is 12.1 Å². The molecule has 0 spiro atoms. The molecule has 2 heterocycles. The van der Waals surface area contributed by atoms with Crippen molar-refractivity contribution in [3.63, 3.8) is 0 Å². The minimum Gasteiger partial charge on any atom is -0.407 e. The van der Waals surface area contributed by atoms with E-state index in [0.29, 0.717) is 32.1 Å². The quantitative estimate of drug-likeness (QED) is 0.609. The van der Waals surface area contributed by atoms with E-state index in [-0.39, 0.29) is 17.2 Å². The number of benzene rings is 2. The Kier molecular flexibility index (Phi) is 6.74. The normalized spacial score (nSPS) is 14.6. The number of rotatable bonds is 6. The van der Waals surface area contributed by atoms with Crippen LogP contribution in [0, 0.1) is 0 Å². The van der Waals surface area contributed by atoms with Crippen molar-refractivity contribution in [2.45, 2.75) is 11.4 Å². The fraction of sp³-hybridized carbons (Fsp3) is 0.227. The number of sulfonamides is 1. The first kappa shape index (κ1) is 21.9. The third-order valence-electron chi connectivity index (χ3n) is 4.84. The average molecular weight is 455 g/mol. The molecule has 1 amide bonds. The van der Waals surface area contributed by atoms with E-state index >= 15 is 0 Å². The first-order valence-electron chi connectivity index (χ1n) is 10.0. The van der Waals surface area contributed by atoms with E-state index in [9.17, 15) is 13.2 Å². The summed E-state index contributed by atoms with van der Waals surface area (Å²) >= 11 is 0. The van der Waals surface area contributed by atoms with Gasteiger partial charge in [-0.05, 0) is 17.7 Å². The molecule has 0 saturated carbocycles. The van der Waals surface area contributed by atoms with Crippen LogP contribution in [0.1, 0.15) is 5.56 Å². The second-order valence-corrected chi connectivity index (χ2v) is 8.95. The molecule has 1 aliphatic heterocycles. The standard InChI is InChI=1S/C22H22N4O5S/c27-22(31-19-15-23-21(24-16-19)18-4-2-1-3-5-18)25-14-17-6-8-20(9-7-17)32(28,29)26-10-12-30-13-11-26/h1-9,15-16H,10-14H2,(H,25,27). The lowest BCUT2D eigenvalue weighted by molar-refractivity contribution is 0.0730. The third-order valence-corrected chi connectivity index (χ3v) is 6.75. The topological polar surface area (TPSA) is 111 Å². The summed E-state index contributed by atoms with van der Waals surface area (Å²) in [5.41, 5.74) is 1.60. The highest BCUT2D eigenvalue weighted by Gasteiger charge is 2.26. The summed E-state index contributed by atoms with van der Waals surface area (Å²) in [7, 11) is -3.55. The Labute approximate surface area is 186 Å². The van der Waals surface area contributed by atoms with E-state index in [2.05, 4.69) is 15.3 Å². The van der Waals surface area contributed by atoms with Crippen molar-refractivity contribution in [3.05, 3.63) is 72.6 Å². The van der Waals surface area contributed by atoms with Gasteiger partial charge in [-0.25, -0.2) is 23.2 Å². The number of nitrogens with one attached hydrogen (secondary N) is 1. The zero-order valence-electron chi connectivity index (χ0n) is 17.2. The van der Waals surface area contributed by atoms with Gasteiger partial charge in [0, 0.05) is 25.2 Å². The largest absolute Gasteiger partial charge is 0.412 e. The van der Waals surface area contributed by atoms with Gasteiger partial charge in [0.1, 0.15) is 0 Å². The van der Waals surface area contributed by atoms with Crippen LogP contribution in [0.25, 0.3) is 11.4 Å². The molecule has 32 heavy (non-hydrogen) atoms. The number of carbonyl (C=O) groups excluding carboxylic acids is 1. The smallest absolute Gasteiger partial charge is 0.407 e. The Bertz CT molecular complexity index is 1150. The Morgan fingerprint density at radius 2 is 1.66 bits per heavy atom. The molecular formula is C22H22N4O5S. The first-order valence-corrected chi connectivity index (χ1v) is 11.5. The number of morpholine rings is 1. The van der Waals surface area contributed by atoms with E-state index < -0.39 is 16.1 Å². The van der Waals surface area contributed by atoms with Gasteiger partial charge < -0.3 is 14.8 Å². The molecular weight excluding hydrogens is 432 g/mol. The molecule has 1 saturated heterocycles. The van der Waals surface area contributed by atoms with Crippen molar-refractivity contribution in [1.82, 2.24) is 19.6 Å². The van der Waals surface area contributed by atoms with E-state index in [0.717, 1.165) is 11.1 Å². The molecule has 0 radical (unpaired) electrons. The van der Waals surface area contributed by atoms with Crippen LogP contribution in [-0.4, -0.2) is 55.1 Å². The van der Waals surface area contributed by atoms with Gasteiger partial charge >= 0.3 is 6.09 Å². The highest BCUT2D eigenvalue weighted by Crippen LogP contribution is 2.18. The van der Waals surface area contributed by atoms with Crippen molar-refractivity contribution in [2.75, 3.05) is 26.3 Å². The molecule has 1 aromatic heterocycles. The Morgan fingerprint density at radius 1 is 1.00 bits per heavy atom.